The molecule has 7 heteroatoms. The van der Waals surface area contributed by atoms with Gasteiger partial charge in [0.05, 0.1) is 6.61 Å². The number of nitrogens with two attached hydrogens (primary N) is 1. The zero-order valence-corrected chi connectivity index (χ0v) is 17.5. The second kappa shape index (κ2) is 10.1. The van der Waals surface area contributed by atoms with E-state index in [1.165, 1.54) is 11.3 Å². The number of ether oxygens (including phenoxy) is 1. The highest BCUT2D eigenvalue weighted by molar-refractivity contribution is 7.13. The van der Waals surface area contributed by atoms with Crippen LogP contribution in [0.2, 0.25) is 0 Å². The van der Waals surface area contributed by atoms with E-state index in [0.717, 1.165) is 42.1 Å². The minimum absolute atomic E-state index is 0. The average Bonchev–Trinajstić information content (AvgIpc) is 3.16. The van der Waals surface area contributed by atoms with E-state index in [1.54, 1.807) is 0 Å². The third-order valence-corrected chi connectivity index (χ3v) is 5.70. The van der Waals surface area contributed by atoms with E-state index < -0.39 is 0 Å². The van der Waals surface area contributed by atoms with Crippen LogP contribution in [0.5, 0.6) is 5.75 Å². The number of carbonyl (C=O) groups excluding carboxylic acids is 1. The molecule has 1 aliphatic heterocycles. The lowest BCUT2D eigenvalue weighted by Crippen LogP contribution is -2.49. The molecule has 1 fully saturated rings. The molecule has 0 spiro atoms. The topological polar surface area (TPSA) is 68.5 Å². The smallest absolute Gasteiger partial charge is 0.273 e. The number of nitrogens with zero attached hydrogens (tertiary/aromatic N) is 2. The maximum atomic E-state index is 12.9. The van der Waals surface area contributed by atoms with Gasteiger partial charge in [-0.2, -0.15) is 0 Å². The monoisotopic (exact) mass is 409 g/mol. The maximum Gasteiger partial charge on any atom is 0.273 e. The summed E-state index contributed by atoms with van der Waals surface area (Å²) in [5.41, 5.74) is 7.41. The molecule has 2 unspecified atom stereocenters. The van der Waals surface area contributed by atoms with Gasteiger partial charge in [0, 0.05) is 30.1 Å². The van der Waals surface area contributed by atoms with Crippen molar-refractivity contribution in [2.24, 2.45) is 11.7 Å². The molecule has 1 aliphatic rings. The van der Waals surface area contributed by atoms with Crippen molar-refractivity contribution in [3.05, 3.63) is 35.3 Å². The molecule has 0 radical (unpaired) electrons. The van der Waals surface area contributed by atoms with Crippen molar-refractivity contribution in [1.82, 2.24) is 9.88 Å². The SMILES string of the molecule is CCCOc1ccc(-c2nc(C(=O)N3CCC(C)CC3CN)cs2)cc1.Cl. The molecule has 2 aromatic rings. The van der Waals surface area contributed by atoms with Crippen molar-refractivity contribution in [1.29, 1.82) is 0 Å². The second-order valence-corrected chi connectivity index (χ2v) is 7.79. The van der Waals surface area contributed by atoms with Crippen molar-refractivity contribution in [3.63, 3.8) is 0 Å². The Hall–Kier alpha value is -1.63. The number of rotatable bonds is 6. The van der Waals surface area contributed by atoms with E-state index >= 15 is 0 Å². The van der Waals surface area contributed by atoms with Crippen LogP contribution >= 0.6 is 23.7 Å². The van der Waals surface area contributed by atoms with Gasteiger partial charge >= 0.3 is 0 Å². The highest BCUT2D eigenvalue weighted by Gasteiger charge is 2.30. The number of benzene rings is 1. The van der Waals surface area contributed by atoms with Gasteiger partial charge in [0.2, 0.25) is 0 Å². The summed E-state index contributed by atoms with van der Waals surface area (Å²) in [6, 6.07) is 7.99. The van der Waals surface area contributed by atoms with Crippen molar-refractivity contribution < 1.29 is 9.53 Å². The second-order valence-electron chi connectivity index (χ2n) is 6.93. The van der Waals surface area contributed by atoms with Gasteiger partial charge in [0.1, 0.15) is 16.5 Å². The standard InChI is InChI=1S/C20H27N3O2S.ClH/c1-3-10-25-17-6-4-15(5-7-17)19-22-18(13-26-19)20(24)23-9-8-14(2)11-16(23)12-21;/h4-7,13-14,16H,3,8-12,21H2,1-2H3;1H. The number of thiazole rings is 1. The first-order valence-electron chi connectivity index (χ1n) is 9.32. The predicted molar refractivity (Wildman–Crippen MR) is 113 cm³/mol. The third-order valence-electron chi connectivity index (χ3n) is 4.81. The Kier molecular flexibility index (Phi) is 8.07. The van der Waals surface area contributed by atoms with Crippen LogP contribution in [0, 0.1) is 5.92 Å². The molecule has 1 amide bonds. The van der Waals surface area contributed by atoms with Gasteiger partial charge in [0.15, 0.2) is 0 Å². The number of carbonyl (C=O) groups is 1. The van der Waals surface area contributed by atoms with Crippen molar-refractivity contribution >= 4 is 29.7 Å². The number of piperidine rings is 1. The highest BCUT2D eigenvalue weighted by Crippen LogP contribution is 2.28. The fraction of sp³-hybridized carbons (Fsp3) is 0.500. The number of hydrogen-bond donors (Lipinski definition) is 1. The average molecular weight is 410 g/mol. The lowest BCUT2D eigenvalue weighted by atomic mass is 9.92. The van der Waals surface area contributed by atoms with Crippen LogP contribution in [0.15, 0.2) is 29.6 Å². The molecule has 3 rings (SSSR count). The summed E-state index contributed by atoms with van der Waals surface area (Å²) in [7, 11) is 0. The first kappa shape index (κ1) is 21.7. The molecule has 1 saturated heterocycles. The van der Waals surface area contributed by atoms with Gasteiger partial charge in [-0.15, -0.1) is 23.7 Å². The number of likely N-dealkylation sites (tertiary alicyclic amines) is 1. The molecular weight excluding hydrogens is 382 g/mol. The Morgan fingerprint density at radius 1 is 1.37 bits per heavy atom. The lowest BCUT2D eigenvalue weighted by Gasteiger charge is -2.37. The Bertz CT molecular complexity index is 735. The van der Waals surface area contributed by atoms with Crippen LogP contribution in [0.25, 0.3) is 10.6 Å². The molecule has 1 aromatic heterocycles. The number of halogens is 1. The number of amides is 1. The van der Waals surface area contributed by atoms with Crippen LogP contribution in [0.1, 0.15) is 43.6 Å². The largest absolute Gasteiger partial charge is 0.494 e. The first-order valence-corrected chi connectivity index (χ1v) is 10.2. The predicted octanol–water partition coefficient (Wildman–Crippen LogP) is 4.22. The zero-order chi connectivity index (χ0) is 18.5. The summed E-state index contributed by atoms with van der Waals surface area (Å²) in [6.07, 6.45) is 2.98. The lowest BCUT2D eigenvalue weighted by molar-refractivity contribution is 0.0568. The minimum Gasteiger partial charge on any atom is -0.494 e. The molecule has 0 bridgehead atoms. The van der Waals surface area contributed by atoms with Gasteiger partial charge < -0.3 is 15.4 Å². The van der Waals surface area contributed by atoms with E-state index in [9.17, 15) is 4.79 Å². The third kappa shape index (κ3) is 5.21. The molecule has 5 nitrogen and oxygen atoms in total. The molecule has 0 saturated carbocycles. The number of aromatic nitrogens is 1. The van der Waals surface area contributed by atoms with E-state index in [4.69, 9.17) is 10.5 Å². The molecule has 148 valence electrons. The van der Waals surface area contributed by atoms with Gasteiger partial charge in [-0.3, -0.25) is 4.79 Å². The Balaban J connectivity index is 0.00000261. The van der Waals surface area contributed by atoms with E-state index in [2.05, 4.69) is 18.8 Å². The van der Waals surface area contributed by atoms with E-state index in [-0.39, 0.29) is 24.4 Å². The van der Waals surface area contributed by atoms with Gasteiger partial charge in [-0.1, -0.05) is 13.8 Å². The Labute approximate surface area is 171 Å². The highest BCUT2D eigenvalue weighted by atomic mass is 35.5. The molecule has 0 aliphatic carbocycles. The van der Waals surface area contributed by atoms with Crippen LogP contribution in [0.3, 0.4) is 0 Å². The molecular formula is C20H28ClN3O2S. The normalized spacial score (nSPS) is 19.4. The zero-order valence-electron chi connectivity index (χ0n) is 15.9. The van der Waals surface area contributed by atoms with Crippen LogP contribution in [-0.2, 0) is 0 Å². The summed E-state index contributed by atoms with van der Waals surface area (Å²) in [5.74, 6) is 1.47. The molecule has 2 N–H and O–H groups in total. The Morgan fingerprint density at radius 3 is 2.78 bits per heavy atom. The van der Waals surface area contributed by atoms with Crippen molar-refractivity contribution in [2.75, 3.05) is 19.7 Å². The Morgan fingerprint density at radius 2 is 2.11 bits per heavy atom. The van der Waals surface area contributed by atoms with E-state index in [0.29, 0.717) is 24.8 Å². The summed E-state index contributed by atoms with van der Waals surface area (Å²) in [6.45, 7) is 6.29. The van der Waals surface area contributed by atoms with Gasteiger partial charge in [0.25, 0.3) is 5.91 Å². The van der Waals surface area contributed by atoms with Gasteiger partial charge in [-0.25, -0.2) is 4.98 Å². The first-order chi connectivity index (χ1) is 12.6. The maximum absolute atomic E-state index is 12.9. The summed E-state index contributed by atoms with van der Waals surface area (Å²) in [4.78, 5) is 19.4. The molecule has 2 heterocycles. The molecule has 2 atom stereocenters. The van der Waals surface area contributed by atoms with Crippen molar-refractivity contribution in [3.8, 4) is 16.3 Å². The molecule has 1 aromatic carbocycles. The minimum atomic E-state index is -0.00208. The van der Waals surface area contributed by atoms with Crippen LogP contribution in [0.4, 0.5) is 0 Å². The molecule has 27 heavy (non-hydrogen) atoms. The summed E-state index contributed by atoms with van der Waals surface area (Å²) < 4.78 is 5.61. The van der Waals surface area contributed by atoms with Crippen molar-refractivity contribution in [2.45, 2.75) is 39.2 Å². The van der Waals surface area contributed by atoms with Crippen LogP contribution < -0.4 is 10.5 Å². The summed E-state index contributed by atoms with van der Waals surface area (Å²) in [5, 5.41) is 2.70. The fourth-order valence-electron chi connectivity index (χ4n) is 3.31. The quantitative estimate of drug-likeness (QED) is 0.775. The number of hydrogen-bond acceptors (Lipinski definition) is 5. The fourth-order valence-corrected chi connectivity index (χ4v) is 4.11. The van der Waals surface area contributed by atoms with E-state index in [1.807, 2.05) is 34.5 Å². The van der Waals surface area contributed by atoms with Crippen LogP contribution in [-0.4, -0.2) is 41.5 Å². The van der Waals surface area contributed by atoms with Gasteiger partial charge in [-0.05, 0) is 49.4 Å². The summed E-state index contributed by atoms with van der Waals surface area (Å²) >= 11 is 1.50.